The van der Waals surface area contributed by atoms with Gasteiger partial charge >= 0.3 is 0 Å². The molecule has 1 aromatic heterocycles. The van der Waals surface area contributed by atoms with Crippen LogP contribution in [0.4, 0.5) is 11.5 Å². The topological polar surface area (TPSA) is 89.3 Å². The lowest BCUT2D eigenvalue weighted by molar-refractivity contribution is -0.128. The van der Waals surface area contributed by atoms with Crippen LogP contribution in [0.5, 0.6) is 5.88 Å². The van der Waals surface area contributed by atoms with Crippen molar-refractivity contribution >= 4 is 17.4 Å². The second kappa shape index (κ2) is 6.45. The molecule has 1 rings (SSSR count). The van der Waals surface area contributed by atoms with Gasteiger partial charge in [0.05, 0.1) is 17.2 Å². The molecule has 0 aliphatic rings. The van der Waals surface area contributed by atoms with E-state index in [0.717, 1.165) is 0 Å². The first kappa shape index (κ1) is 16.1. The third-order valence-corrected chi connectivity index (χ3v) is 2.79. The maximum absolute atomic E-state index is 11.7. The molecule has 0 fully saturated rings. The highest BCUT2D eigenvalue weighted by molar-refractivity contribution is 5.82. The number of carbonyl (C=O) groups is 1. The number of amides is 1. The quantitative estimate of drug-likeness (QED) is 0.737. The van der Waals surface area contributed by atoms with Crippen LogP contribution in [0, 0.1) is 5.41 Å². The predicted octanol–water partition coefficient (Wildman–Crippen LogP) is 1.64. The zero-order valence-corrected chi connectivity index (χ0v) is 12.8. The number of pyridine rings is 1. The van der Waals surface area contributed by atoms with Crippen LogP contribution in [0.25, 0.3) is 0 Å². The van der Waals surface area contributed by atoms with E-state index in [0.29, 0.717) is 23.9 Å². The van der Waals surface area contributed by atoms with Crippen molar-refractivity contribution in [2.45, 2.75) is 33.8 Å². The van der Waals surface area contributed by atoms with Gasteiger partial charge in [-0.05, 0) is 39.8 Å². The van der Waals surface area contributed by atoms with Crippen molar-refractivity contribution in [2.75, 3.05) is 24.6 Å². The van der Waals surface area contributed by atoms with Crippen molar-refractivity contribution in [1.29, 1.82) is 0 Å². The third-order valence-electron chi connectivity index (χ3n) is 2.79. The summed E-state index contributed by atoms with van der Waals surface area (Å²) in [6.45, 7) is 8.01. The van der Waals surface area contributed by atoms with E-state index in [-0.39, 0.29) is 12.0 Å². The SMILES string of the molecule is CNC(=O)C(C)(C)CNc1ccc(N)c(OC(C)C)n1. The van der Waals surface area contributed by atoms with Gasteiger partial charge in [0, 0.05) is 13.6 Å². The number of ether oxygens (including phenoxy) is 1. The summed E-state index contributed by atoms with van der Waals surface area (Å²) in [6, 6.07) is 3.50. The summed E-state index contributed by atoms with van der Waals surface area (Å²) >= 11 is 0. The fourth-order valence-electron chi connectivity index (χ4n) is 1.60. The molecular formula is C14H24N4O2. The fraction of sp³-hybridized carbons (Fsp3) is 0.571. The minimum absolute atomic E-state index is 0.00219. The van der Waals surface area contributed by atoms with Gasteiger partial charge in [0.1, 0.15) is 5.82 Å². The number of carbonyl (C=O) groups excluding carboxylic acids is 1. The van der Waals surface area contributed by atoms with Gasteiger partial charge in [-0.2, -0.15) is 4.98 Å². The van der Waals surface area contributed by atoms with E-state index >= 15 is 0 Å². The second-order valence-electron chi connectivity index (χ2n) is 5.57. The molecule has 0 saturated carbocycles. The number of hydrogen-bond acceptors (Lipinski definition) is 5. The molecule has 0 atom stereocenters. The van der Waals surface area contributed by atoms with E-state index in [1.807, 2.05) is 27.7 Å². The molecule has 1 amide bonds. The number of nitrogen functional groups attached to an aromatic ring is 1. The maximum atomic E-state index is 11.7. The van der Waals surface area contributed by atoms with Crippen LogP contribution >= 0.6 is 0 Å². The molecule has 1 aromatic rings. The zero-order valence-electron chi connectivity index (χ0n) is 12.8. The molecule has 20 heavy (non-hydrogen) atoms. The van der Waals surface area contributed by atoms with Gasteiger partial charge in [0.15, 0.2) is 0 Å². The number of anilines is 2. The molecule has 1 heterocycles. The van der Waals surface area contributed by atoms with Gasteiger partial charge in [-0.15, -0.1) is 0 Å². The number of rotatable bonds is 6. The van der Waals surface area contributed by atoms with Gasteiger partial charge < -0.3 is 21.1 Å². The van der Waals surface area contributed by atoms with Gasteiger partial charge in [0.25, 0.3) is 0 Å². The van der Waals surface area contributed by atoms with Crippen molar-refractivity contribution in [2.24, 2.45) is 5.41 Å². The molecule has 0 saturated heterocycles. The number of nitrogens with zero attached hydrogens (tertiary/aromatic N) is 1. The Balaban J connectivity index is 2.76. The summed E-state index contributed by atoms with van der Waals surface area (Å²) in [5, 5.41) is 5.78. The third kappa shape index (κ3) is 4.29. The van der Waals surface area contributed by atoms with Crippen LogP contribution in [0.2, 0.25) is 0 Å². The van der Waals surface area contributed by atoms with Crippen LogP contribution in [0.15, 0.2) is 12.1 Å². The Bertz CT molecular complexity index is 472. The van der Waals surface area contributed by atoms with E-state index in [1.165, 1.54) is 0 Å². The number of aromatic nitrogens is 1. The van der Waals surface area contributed by atoms with Gasteiger partial charge in [-0.3, -0.25) is 4.79 Å². The number of hydrogen-bond donors (Lipinski definition) is 3. The van der Waals surface area contributed by atoms with Crippen LogP contribution < -0.4 is 21.1 Å². The Morgan fingerprint density at radius 1 is 1.45 bits per heavy atom. The van der Waals surface area contributed by atoms with Crippen molar-refractivity contribution < 1.29 is 9.53 Å². The summed E-state index contributed by atoms with van der Waals surface area (Å²) in [4.78, 5) is 16.0. The minimum atomic E-state index is -0.531. The average Bonchev–Trinajstić information content (AvgIpc) is 2.38. The van der Waals surface area contributed by atoms with Crippen molar-refractivity contribution in [3.63, 3.8) is 0 Å². The summed E-state index contributed by atoms with van der Waals surface area (Å²) in [6.07, 6.45) is 0.00219. The summed E-state index contributed by atoms with van der Waals surface area (Å²) in [7, 11) is 1.63. The summed E-state index contributed by atoms with van der Waals surface area (Å²) in [5.74, 6) is 1.01. The van der Waals surface area contributed by atoms with Gasteiger partial charge in [0.2, 0.25) is 11.8 Å². The summed E-state index contributed by atoms with van der Waals surface area (Å²) < 4.78 is 5.53. The minimum Gasteiger partial charge on any atom is -0.473 e. The standard InChI is InChI=1S/C14H24N4O2/c1-9(2)20-12-10(15)6-7-11(18-12)17-8-14(3,4)13(19)16-5/h6-7,9H,8,15H2,1-5H3,(H,16,19)(H,17,18). The monoisotopic (exact) mass is 280 g/mol. The molecular weight excluding hydrogens is 256 g/mol. The molecule has 112 valence electrons. The molecule has 0 aliphatic carbocycles. The van der Waals surface area contributed by atoms with Gasteiger partial charge in [-0.25, -0.2) is 0 Å². The van der Waals surface area contributed by atoms with Crippen LogP contribution in [0.1, 0.15) is 27.7 Å². The van der Waals surface area contributed by atoms with Gasteiger partial charge in [-0.1, -0.05) is 0 Å². The van der Waals surface area contributed by atoms with Crippen molar-refractivity contribution in [1.82, 2.24) is 10.3 Å². The molecule has 0 bridgehead atoms. The summed E-state index contributed by atoms with van der Waals surface area (Å²) in [5.41, 5.74) is 5.77. The highest BCUT2D eigenvalue weighted by Gasteiger charge is 2.26. The Morgan fingerprint density at radius 3 is 2.65 bits per heavy atom. The van der Waals surface area contributed by atoms with E-state index in [9.17, 15) is 4.79 Å². The molecule has 6 heteroatoms. The van der Waals surface area contributed by atoms with Crippen LogP contribution in [0.3, 0.4) is 0 Å². The lowest BCUT2D eigenvalue weighted by Gasteiger charge is -2.23. The maximum Gasteiger partial charge on any atom is 0.239 e. The molecule has 4 N–H and O–H groups in total. The Kier molecular flexibility index (Phi) is 5.19. The highest BCUT2D eigenvalue weighted by Crippen LogP contribution is 2.23. The van der Waals surface area contributed by atoms with E-state index < -0.39 is 5.41 Å². The van der Waals surface area contributed by atoms with Crippen molar-refractivity contribution in [3.8, 4) is 5.88 Å². The second-order valence-corrected chi connectivity index (χ2v) is 5.57. The number of nitrogens with one attached hydrogen (secondary N) is 2. The number of nitrogens with two attached hydrogens (primary N) is 1. The van der Waals surface area contributed by atoms with E-state index in [4.69, 9.17) is 10.5 Å². The lowest BCUT2D eigenvalue weighted by atomic mass is 9.92. The molecule has 0 spiro atoms. The Labute approximate surface area is 120 Å². The van der Waals surface area contributed by atoms with Crippen LogP contribution in [-0.4, -0.2) is 30.6 Å². The molecule has 0 unspecified atom stereocenters. The fourth-order valence-corrected chi connectivity index (χ4v) is 1.60. The molecule has 0 radical (unpaired) electrons. The Hall–Kier alpha value is -1.98. The predicted molar refractivity (Wildman–Crippen MR) is 80.8 cm³/mol. The zero-order chi connectivity index (χ0) is 15.3. The van der Waals surface area contributed by atoms with E-state index in [1.54, 1.807) is 19.2 Å². The van der Waals surface area contributed by atoms with Crippen LogP contribution in [-0.2, 0) is 4.79 Å². The first-order valence-corrected chi connectivity index (χ1v) is 6.65. The Morgan fingerprint density at radius 2 is 2.10 bits per heavy atom. The normalized spacial score (nSPS) is 11.3. The average molecular weight is 280 g/mol. The first-order valence-electron chi connectivity index (χ1n) is 6.65. The van der Waals surface area contributed by atoms with Crippen molar-refractivity contribution in [3.05, 3.63) is 12.1 Å². The molecule has 0 aliphatic heterocycles. The molecule has 0 aromatic carbocycles. The molecule has 6 nitrogen and oxygen atoms in total. The first-order chi connectivity index (χ1) is 9.26. The van der Waals surface area contributed by atoms with E-state index in [2.05, 4.69) is 15.6 Å². The largest absolute Gasteiger partial charge is 0.473 e. The smallest absolute Gasteiger partial charge is 0.239 e. The lowest BCUT2D eigenvalue weighted by Crippen LogP contribution is -2.39. The highest BCUT2D eigenvalue weighted by atomic mass is 16.5.